The molecule has 0 saturated carbocycles. The minimum Gasteiger partial charge on any atom is -0.497 e. The van der Waals surface area contributed by atoms with Crippen molar-refractivity contribution in [1.29, 1.82) is 0 Å². The molecule has 0 saturated heterocycles. The monoisotopic (exact) mass is 342 g/mol. The normalized spacial score (nSPS) is 15.5. The quantitative estimate of drug-likeness (QED) is 0.875. The topological polar surface area (TPSA) is 68.8 Å². The number of hydrogen-bond acceptors (Lipinski definition) is 4. The third-order valence-corrected chi connectivity index (χ3v) is 3.94. The van der Waals surface area contributed by atoms with E-state index in [0.717, 1.165) is 17.1 Å². The zero-order chi connectivity index (χ0) is 17.6. The van der Waals surface area contributed by atoms with Gasteiger partial charge in [0.05, 0.1) is 25.4 Å². The molecule has 2 aromatic rings. The molecule has 1 aliphatic heterocycles. The summed E-state index contributed by atoms with van der Waals surface area (Å²) in [6, 6.07) is 12.6. The Morgan fingerprint density at radius 1 is 1.28 bits per heavy atom. The Labute approximate surface area is 147 Å². The van der Waals surface area contributed by atoms with Gasteiger partial charge in [-0.3, -0.25) is 0 Å². The number of amides is 2. The number of fused-ring (bicyclic) bond motifs is 1. The fourth-order valence-electron chi connectivity index (χ4n) is 2.79. The molecule has 2 amide bonds. The van der Waals surface area contributed by atoms with E-state index in [1.165, 1.54) is 0 Å². The van der Waals surface area contributed by atoms with E-state index in [1.807, 2.05) is 49.4 Å². The second kappa shape index (κ2) is 7.79. The van der Waals surface area contributed by atoms with Crippen LogP contribution in [0.4, 0.5) is 10.5 Å². The number of benzene rings is 2. The molecule has 0 fully saturated rings. The molecule has 132 valence electrons. The average molecular weight is 342 g/mol. The molecule has 2 aromatic carbocycles. The number of anilines is 1. The zero-order valence-corrected chi connectivity index (χ0v) is 14.4. The Bertz CT molecular complexity index is 748. The lowest BCUT2D eigenvalue weighted by Gasteiger charge is -2.26. The van der Waals surface area contributed by atoms with Crippen molar-refractivity contribution in [2.75, 3.05) is 25.6 Å². The third-order valence-electron chi connectivity index (χ3n) is 3.94. The third kappa shape index (κ3) is 4.15. The lowest BCUT2D eigenvalue weighted by Crippen LogP contribution is -2.44. The van der Waals surface area contributed by atoms with Gasteiger partial charge in [0.25, 0.3) is 0 Å². The summed E-state index contributed by atoms with van der Waals surface area (Å²) >= 11 is 0. The lowest BCUT2D eigenvalue weighted by molar-refractivity contribution is 0.222. The first-order chi connectivity index (χ1) is 12.2. The average Bonchev–Trinajstić information content (AvgIpc) is 2.63. The molecule has 1 atom stereocenters. The highest BCUT2D eigenvalue weighted by Crippen LogP contribution is 2.29. The number of para-hydroxylation sites is 2. The Hall–Kier alpha value is -2.89. The predicted molar refractivity (Wildman–Crippen MR) is 95.7 cm³/mol. The molecule has 6 heteroatoms. The molecular weight excluding hydrogens is 320 g/mol. The van der Waals surface area contributed by atoms with Gasteiger partial charge in [-0.05, 0) is 49.2 Å². The molecule has 0 bridgehead atoms. The SMILES string of the molecule is CCOc1ccccc1NC(=O)N[C@@H]1COc2ccc(OC)cc2C1. The van der Waals surface area contributed by atoms with E-state index in [1.54, 1.807) is 7.11 Å². The summed E-state index contributed by atoms with van der Waals surface area (Å²) in [6.45, 7) is 2.87. The number of carbonyl (C=O) groups is 1. The number of carbonyl (C=O) groups excluding carboxylic acids is 1. The minimum atomic E-state index is -0.285. The van der Waals surface area contributed by atoms with Crippen LogP contribution in [0.2, 0.25) is 0 Å². The van der Waals surface area contributed by atoms with E-state index in [9.17, 15) is 4.79 Å². The number of hydrogen-bond donors (Lipinski definition) is 2. The highest BCUT2D eigenvalue weighted by molar-refractivity contribution is 5.91. The smallest absolute Gasteiger partial charge is 0.319 e. The van der Waals surface area contributed by atoms with Crippen molar-refractivity contribution in [1.82, 2.24) is 5.32 Å². The lowest BCUT2D eigenvalue weighted by atomic mass is 10.0. The van der Waals surface area contributed by atoms with Crippen molar-refractivity contribution in [2.45, 2.75) is 19.4 Å². The number of nitrogens with one attached hydrogen (secondary N) is 2. The standard InChI is InChI=1S/C19H22N2O4/c1-3-24-18-7-5-4-6-16(18)21-19(22)20-14-10-13-11-15(23-2)8-9-17(13)25-12-14/h4-9,11,14H,3,10,12H2,1-2H3,(H2,20,21,22)/t14-/m0/s1. The van der Waals surface area contributed by atoms with E-state index in [-0.39, 0.29) is 12.1 Å². The van der Waals surface area contributed by atoms with Gasteiger partial charge in [0.1, 0.15) is 23.9 Å². The molecule has 0 radical (unpaired) electrons. The van der Waals surface area contributed by atoms with E-state index >= 15 is 0 Å². The molecule has 25 heavy (non-hydrogen) atoms. The first kappa shape index (κ1) is 17.0. The minimum absolute atomic E-state index is 0.112. The van der Waals surface area contributed by atoms with Gasteiger partial charge in [-0.15, -0.1) is 0 Å². The first-order valence-electron chi connectivity index (χ1n) is 8.28. The first-order valence-corrected chi connectivity index (χ1v) is 8.28. The molecular formula is C19H22N2O4. The highest BCUT2D eigenvalue weighted by atomic mass is 16.5. The largest absolute Gasteiger partial charge is 0.497 e. The zero-order valence-electron chi connectivity index (χ0n) is 14.4. The number of ether oxygens (including phenoxy) is 3. The van der Waals surface area contributed by atoms with Crippen LogP contribution in [0.5, 0.6) is 17.2 Å². The van der Waals surface area contributed by atoms with E-state index in [2.05, 4.69) is 10.6 Å². The van der Waals surface area contributed by atoms with Crippen molar-refractivity contribution in [3.05, 3.63) is 48.0 Å². The molecule has 1 heterocycles. The van der Waals surface area contributed by atoms with Crippen molar-refractivity contribution >= 4 is 11.7 Å². The summed E-state index contributed by atoms with van der Waals surface area (Å²) in [5, 5.41) is 5.78. The summed E-state index contributed by atoms with van der Waals surface area (Å²) in [5.41, 5.74) is 1.66. The fraction of sp³-hybridized carbons (Fsp3) is 0.316. The van der Waals surface area contributed by atoms with Gasteiger partial charge in [0.2, 0.25) is 0 Å². The van der Waals surface area contributed by atoms with Crippen LogP contribution in [-0.4, -0.2) is 32.4 Å². The predicted octanol–water partition coefficient (Wildman–Crippen LogP) is 3.22. The van der Waals surface area contributed by atoms with Crippen molar-refractivity contribution in [2.24, 2.45) is 0 Å². The second-order valence-electron chi connectivity index (χ2n) is 5.71. The van der Waals surface area contributed by atoms with Crippen LogP contribution in [0.1, 0.15) is 12.5 Å². The highest BCUT2D eigenvalue weighted by Gasteiger charge is 2.22. The van der Waals surface area contributed by atoms with Crippen molar-refractivity contribution < 1.29 is 19.0 Å². The van der Waals surface area contributed by atoms with Crippen LogP contribution in [0.3, 0.4) is 0 Å². The molecule has 3 rings (SSSR count). The molecule has 6 nitrogen and oxygen atoms in total. The maximum atomic E-state index is 12.3. The van der Waals surface area contributed by atoms with Crippen LogP contribution < -0.4 is 24.8 Å². The molecule has 1 aliphatic rings. The van der Waals surface area contributed by atoms with Crippen LogP contribution in [-0.2, 0) is 6.42 Å². The van der Waals surface area contributed by atoms with Gasteiger partial charge < -0.3 is 24.8 Å². The molecule has 0 spiro atoms. The number of urea groups is 1. The summed E-state index contributed by atoms with van der Waals surface area (Å²) in [5.74, 6) is 2.26. The van der Waals surface area contributed by atoms with Crippen molar-refractivity contribution in [3.63, 3.8) is 0 Å². The number of methoxy groups -OCH3 is 1. The van der Waals surface area contributed by atoms with Gasteiger partial charge in [0, 0.05) is 0 Å². The van der Waals surface area contributed by atoms with Gasteiger partial charge in [0.15, 0.2) is 0 Å². The maximum absolute atomic E-state index is 12.3. The van der Waals surface area contributed by atoms with Gasteiger partial charge in [-0.2, -0.15) is 0 Å². The van der Waals surface area contributed by atoms with Crippen LogP contribution in [0.15, 0.2) is 42.5 Å². The van der Waals surface area contributed by atoms with E-state index < -0.39 is 0 Å². The maximum Gasteiger partial charge on any atom is 0.319 e. The Morgan fingerprint density at radius 3 is 2.92 bits per heavy atom. The van der Waals surface area contributed by atoms with Gasteiger partial charge in [-0.25, -0.2) is 4.79 Å². The summed E-state index contributed by atoms with van der Waals surface area (Å²) in [6.07, 6.45) is 0.688. The summed E-state index contributed by atoms with van der Waals surface area (Å²) in [7, 11) is 1.63. The van der Waals surface area contributed by atoms with Crippen LogP contribution >= 0.6 is 0 Å². The Kier molecular flexibility index (Phi) is 5.28. The van der Waals surface area contributed by atoms with Gasteiger partial charge >= 0.3 is 6.03 Å². The molecule has 0 aliphatic carbocycles. The van der Waals surface area contributed by atoms with Crippen LogP contribution in [0.25, 0.3) is 0 Å². The van der Waals surface area contributed by atoms with E-state index in [4.69, 9.17) is 14.2 Å². The Morgan fingerprint density at radius 2 is 2.12 bits per heavy atom. The van der Waals surface area contributed by atoms with Gasteiger partial charge in [-0.1, -0.05) is 12.1 Å². The molecule has 0 unspecified atom stereocenters. The fourth-order valence-corrected chi connectivity index (χ4v) is 2.79. The molecule has 0 aromatic heterocycles. The van der Waals surface area contributed by atoms with E-state index in [0.29, 0.717) is 31.1 Å². The molecule has 2 N–H and O–H groups in total. The Balaban J connectivity index is 1.62. The summed E-state index contributed by atoms with van der Waals surface area (Å²) < 4.78 is 16.5. The summed E-state index contributed by atoms with van der Waals surface area (Å²) in [4.78, 5) is 12.3. The van der Waals surface area contributed by atoms with Crippen LogP contribution in [0, 0.1) is 0 Å². The number of rotatable bonds is 5. The second-order valence-corrected chi connectivity index (χ2v) is 5.71. The van der Waals surface area contributed by atoms with Crippen molar-refractivity contribution in [3.8, 4) is 17.2 Å².